The molecule has 1 aliphatic heterocycles. The van der Waals surface area contributed by atoms with E-state index >= 15 is 0 Å². The summed E-state index contributed by atoms with van der Waals surface area (Å²) in [4.78, 5) is 15.8. The maximum atomic E-state index is 11.9. The lowest BCUT2D eigenvalue weighted by Crippen LogP contribution is -2.16. The fourth-order valence-corrected chi connectivity index (χ4v) is 2.18. The summed E-state index contributed by atoms with van der Waals surface area (Å²) in [6, 6.07) is 7.05. The van der Waals surface area contributed by atoms with E-state index in [1.165, 1.54) is 6.08 Å². The minimum absolute atomic E-state index is 0.231. The molecule has 0 spiro atoms. The number of benzene rings is 1. The van der Waals surface area contributed by atoms with Gasteiger partial charge in [0.2, 0.25) is 11.7 Å². The minimum Gasteiger partial charge on any atom is -0.493 e. The van der Waals surface area contributed by atoms with Crippen LogP contribution in [0.15, 0.2) is 42.7 Å². The summed E-state index contributed by atoms with van der Waals surface area (Å²) < 4.78 is 16.4. The summed E-state index contributed by atoms with van der Waals surface area (Å²) in [5.74, 6) is 1.56. The molecule has 1 amide bonds. The summed E-state index contributed by atoms with van der Waals surface area (Å²) >= 11 is 0. The van der Waals surface area contributed by atoms with E-state index in [0.29, 0.717) is 36.1 Å². The van der Waals surface area contributed by atoms with Gasteiger partial charge in [0.15, 0.2) is 11.5 Å². The lowest BCUT2D eigenvalue weighted by Gasteiger charge is -2.20. The number of rotatable bonds is 4. The molecule has 118 valence electrons. The molecule has 3 rings (SSSR count). The van der Waals surface area contributed by atoms with Gasteiger partial charge in [-0.25, -0.2) is 0 Å². The molecule has 23 heavy (non-hydrogen) atoms. The topological polar surface area (TPSA) is 69.7 Å². The van der Waals surface area contributed by atoms with Crippen LogP contribution in [0.4, 0.5) is 5.69 Å². The number of fused-ring (bicyclic) bond motifs is 1. The van der Waals surface area contributed by atoms with Crippen molar-refractivity contribution in [3.05, 3.63) is 48.3 Å². The molecule has 0 atom stereocenters. The van der Waals surface area contributed by atoms with E-state index in [4.69, 9.17) is 14.2 Å². The third kappa shape index (κ3) is 3.60. The summed E-state index contributed by atoms with van der Waals surface area (Å²) in [7, 11) is 1.57. The van der Waals surface area contributed by atoms with Gasteiger partial charge in [0.05, 0.1) is 7.11 Å². The molecule has 2 heterocycles. The zero-order valence-corrected chi connectivity index (χ0v) is 12.6. The van der Waals surface area contributed by atoms with Crippen molar-refractivity contribution >= 4 is 17.7 Å². The molecule has 1 aromatic carbocycles. The molecule has 1 N–H and O–H groups in total. The van der Waals surface area contributed by atoms with E-state index in [-0.39, 0.29) is 5.91 Å². The molecule has 6 nitrogen and oxygen atoms in total. The van der Waals surface area contributed by atoms with Crippen LogP contribution < -0.4 is 19.5 Å². The van der Waals surface area contributed by atoms with E-state index in [2.05, 4.69) is 10.3 Å². The van der Waals surface area contributed by atoms with E-state index in [1.54, 1.807) is 43.8 Å². The number of nitrogens with zero attached hydrogens (tertiary/aromatic N) is 1. The lowest BCUT2D eigenvalue weighted by molar-refractivity contribution is -0.111. The predicted octanol–water partition coefficient (Wildman–Crippen LogP) is 2.51. The van der Waals surface area contributed by atoms with Crippen LogP contribution in [-0.2, 0) is 4.79 Å². The summed E-state index contributed by atoms with van der Waals surface area (Å²) in [5, 5.41) is 2.75. The third-order valence-electron chi connectivity index (χ3n) is 3.23. The Morgan fingerprint density at radius 3 is 2.83 bits per heavy atom. The molecule has 0 saturated carbocycles. The van der Waals surface area contributed by atoms with Gasteiger partial charge in [-0.2, -0.15) is 0 Å². The Labute approximate surface area is 133 Å². The number of hydrogen-bond donors (Lipinski definition) is 1. The molecular weight excluding hydrogens is 296 g/mol. The van der Waals surface area contributed by atoms with Crippen LogP contribution in [-0.4, -0.2) is 31.2 Å². The molecule has 0 unspecified atom stereocenters. The van der Waals surface area contributed by atoms with Crippen LogP contribution in [0.5, 0.6) is 17.2 Å². The zero-order chi connectivity index (χ0) is 16.1. The molecule has 0 fully saturated rings. The first-order valence-electron chi connectivity index (χ1n) is 7.13. The Bertz CT molecular complexity index is 712. The number of methoxy groups -OCH3 is 1. The van der Waals surface area contributed by atoms with Crippen LogP contribution in [0.25, 0.3) is 6.08 Å². The second-order valence-corrected chi connectivity index (χ2v) is 4.81. The SMILES string of the molecule is COc1cc(/C=C/C(=O)Nc2ccncc2)cc2c1OCCO2. The summed E-state index contributed by atoms with van der Waals surface area (Å²) in [5.41, 5.74) is 1.48. The summed E-state index contributed by atoms with van der Waals surface area (Å²) in [6.45, 7) is 0.985. The average Bonchev–Trinajstić information content (AvgIpc) is 2.60. The molecule has 1 aliphatic rings. The highest BCUT2D eigenvalue weighted by Gasteiger charge is 2.17. The molecule has 1 aromatic heterocycles. The predicted molar refractivity (Wildman–Crippen MR) is 85.9 cm³/mol. The Morgan fingerprint density at radius 2 is 2.04 bits per heavy atom. The Kier molecular flexibility index (Phi) is 4.42. The van der Waals surface area contributed by atoms with Gasteiger partial charge in [0.1, 0.15) is 13.2 Å². The van der Waals surface area contributed by atoms with Crippen LogP contribution >= 0.6 is 0 Å². The highest BCUT2D eigenvalue weighted by atomic mass is 16.6. The van der Waals surface area contributed by atoms with Gasteiger partial charge in [-0.05, 0) is 35.9 Å². The number of carbonyl (C=O) groups excluding carboxylic acids is 1. The van der Waals surface area contributed by atoms with Crippen LogP contribution in [0.3, 0.4) is 0 Å². The first-order chi connectivity index (χ1) is 11.3. The highest BCUT2D eigenvalue weighted by Crippen LogP contribution is 2.40. The van der Waals surface area contributed by atoms with Crippen molar-refractivity contribution in [1.29, 1.82) is 0 Å². The van der Waals surface area contributed by atoms with Crippen LogP contribution in [0.1, 0.15) is 5.56 Å². The van der Waals surface area contributed by atoms with Gasteiger partial charge >= 0.3 is 0 Å². The summed E-state index contributed by atoms with van der Waals surface area (Å²) in [6.07, 6.45) is 6.37. The van der Waals surface area contributed by atoms with E-state index in [0.717, 1.165) is 5.56 Å². The molecule has 6 heteroatoms. The quantitative estimate of drug-likeness (QED) is 0.879. The first-order valence-corrected chi connectivity index (χ1v) is 7.13. The Hall–Kier alpha value is -3.02. The van der Waals surface area contributed by atoms with Gasteiger partial charge in [-0.3, -0.25) is 9.78 Å². The molecule has 0 bridgehead atoms. The maximum Gasteiger partial charge on any atom is 0.248 e. The largest absolute Gasteiger partial charge is 0.493 e. The fraction of sp³-hybridized carbons (Fsp3) is 0.176. The van der Waals surface area contributed by atoms with E-state index < -0.39 is 0 Å². The highest BCUT2D eigenvalue weighted by molar-refractivity contribution is 6.01. The minimum atomic E-state index is -0.231. The smallest absolute Gasteiger partial charge is 0.248 e. The van der Waals surface area contributed by atoms with Gasteiger partial charge in [-0.1, -0.05) is 0 Å². The second kappa shape index (κ2) is 6.83. The fourth-order valence-electron chi connectivity index (χ4n) is 2.18. The van der Waals surface area contributed by atoms with Crippen molar-refractivity contribution < 1.29 is 19.0 Å². The lowest BCUT2D eigenvalue weighted by atomic mass is 10.1. The number of aromatic nitrogens is 1. The number of nitrogens with one attached hydrogen (secondary N) is 1. The molecule has 0 saturated heterocycles. The number of pyridine rings is 1. The number of amides is 1. The van der Waals surface area contributed by atoms with Crippen molar-refractivity contribution in [2.45, 2.75) is 0 Å². The monoisotopic (exact) mass is 312 g/mol. The zero-order valence-electron chi connectivity index (χ0n) is 12.6. The number of ether oxygens (including phenoxy) is 3. The average molecular weight is 312 g/mol. The second-order valence-electron chi connectivity index (χ2n) is 4.81. The number of carbonyl (C=O) groups is 1. The van der Waals surface area contributed by atoms with Crippen LogP contribution in [0, 0.1) is 0 Å². The van der Waals surface area contributed by atoms with Crippen molar-refractivity contribution in [2.24, 2.45) is 0 Å². The van der Waals surface area contributed by atoms with Crippen molar-refractivity contribution in [1.82, 2.24) is 4.98 Å². The Morgan fingerprint density at radius 1 is 1.26 bits per heavy atom. The van der Waals surface area contributed by atoms with Crippen molar-refractivity contribution in [2.75, 3.05) is 25.6 Å². The molecular formula is C17H16N2O4. The first kappa shape index (κ1) is 14.9. The Balaban J connectivity index is 1.75. The third-order valence-corrected chi connectivity index (χ3v) is 3.23. The molecule has 0 radical (unpaired) electrons. The van der Waals surface area contributed by atoms with E-state index in [9.17, 15) is 4.79 Å². The normalized spacial score (nSPS) is 12.9. The van der Waals surface area contributed by atoms with Crippen LogP contribution in [0.2, 0.25) is 0 Å². The van der Waals surface area contributed by atoms with Gasteiger partial charge < -0.3 is 19.5 Å². The van der Waals surface area contributed by atoms with Crippen molar-refractivity contribution in [3.8, 4) is 17.2 Å². The molecule has 2 aromatic rings. The van der Waals surface area contributed by atoms with Gasteiger partial charge in [0, 0.05) is 24.2 Å². The number of hydrogen-bond acceptors (Lipinski definition) is 5. The van der Waals surface area contributed by atoms with Gasteiger partial charge in [-0.15, -0.1) is 0 Å². The molecule has 0 aliphatic carbocycles. The standard InChI is InChI=1S/C17H16N2O4/c1-21-14-10-12(11-15-17(14)23-9-8-22-15)2-3-16(20)19-13-4-6-18-7-5-13/h2-7,10-11H,8-9H2,1H3,(H,18,19,20)/b3-2+. The van der Waals surface area contributed by atoms with Crippen molar-refractivity contribution in [3.63, 3.8) is 0 Å². The van der Waals surface area contributed by atoms with Gasteiger partial charge in [0.25, 0.3) is 0 Å². The maximum absolute atomic E-state index is 11.9. The number of anilines is 1. The van der Waals surface area contributed by atoms with E-state index in [1.807, 2.05) is 6.07 Å².